The fraction of sp³-hybridized carbons (Fsp3) is 0.143. The van der Waals surface area contributed by atoms with Gasteiger partial charge in [0, 0.05) is 30.2 Å². The molecule has 22 heavy (non-hydrogen) atoms. The van der Waals surface area contributed by atoms with Crippen LogP contribution in [0.1, 0.15) is 26.3 Å². The molecule has 0 fully saturated rings. The Bertz CT molecular complexity index is 729. The number of nitrogen functional groups attached to an aromatic ring is 1. The van der Waals surface area contributed by atoms with Crippen LogP contribution >= 0.6 is 0 Å². The van der Waals surface area contributed by atoms with Crippen LogP contribution in [0.15, 0.2) is 30.6 Å². The molecule has 2 heterocycles. The van der Waals surface area contributed by atoms with E-state index in [9.17, 15) is 9.59 Å². The predicted octanol–water partition coefficient (Wildman–Crippen LogP) is 0.110. The molecule has 1 aliphatic heterocycles. The fourth-order valence-corrected chi connectivity index (χ4v) is 2.23. The number of carbonyl (C=O) groups excluding carboxylic acids is 2. The summed E-state index contributed by atoms with van der Waals surface area (Å²) in [5, 5.41) is 5.83. The van der Waals surface area contributed by atoms with Gasteiger partial charge in [0.25, 0.3) is 11.8 Å². The van der Waals surface area contributed by atoms with Crippen LogP contribution in [0, 0.1) is 0 Å². The molecule has 0 saturated carbocycles. The number of rotatable bonds is 3. The van der Waals surface area contributed by atoms with E-state index in [1.165, 1.54) is 12.4 Å². The van der Waals surface area contributed by atoms with E-state index < -0.39 is 5.91 Å². The molecule has 3 rings (SSSR count). The Morgan fingerprint density at radius 3 is 2.77 bits per heavy atom. The molecule has 112 valence electrons. The van der Waals surface area contributed by atoms with Gasteiger partial charge >= 0.3 is 0 Å². The topological polar surface area (TPSA) is 122 Å². The van der Waals surface area contributed by atoms with E-state index in [2.05, 4.69) is 20.6 Å². The summed E-state index contributed by atoms with van der Waals surface area (Å²) in [4.78, 5) is 31.1. The third-order valence-corrected chi connectivity index (χ3v) is 3.33. The van der Waals surface area contributed by atoms with Gasteiger partial charge in [-0.3, -0.25) is 15.0 Å². The van der Waals surface area contributed by atoms with Crippen molar-refractivity contribution in [2.45, 2.75) is 6.42 Å². The largest absolute Gasteiger partial charge is 0.352 e. The number of hydrazine groups is 1. The van der Waals surface area contributed by atoms with E-state index in [0.29, 0.717) is 18.1 Å². The van der Waals surface area contributed by atoms with Crippen molar-refractivity contribution in [3.63, 3.8) is 0 Å². The van der Waals surface area contributed by atoms with E-state index in [-0.39, 0.29) is 11.5 Å². The van der Waals surface area contributed by atoms with Crippen molar-refractivity contribution in [3.8, 4) is 0 Å². The number of amides is 2. The highest BCUT2D eigenvalue weighted by Gasteiger charge is 2.16. The Balaban J connectivity index is 1.78. The van der Waals surface area contributed by atoms with Crippen LogP contribution in [0.3, 0.4) is 0 Å². The zero-order valence-corrected chi connectivity index (χ0v) is 11.6. The number of fused-ring (bicyclic) bond motifs is 1. The summed E-state index contributed by atoms with van der Waals surface area (Å²) in [6, 6.07) is 5.45. The van der Waals surface area contributed by atoms with E-state index in [1.807, 2.05) is 11.5 Å². The lowest BCUT2D eigenvalue weighted by atomic mass is 10.00. The number of nitrogens with two attached hydrogens (primary N) is 1. The van der Waals surface area contributed by atoms with Crippen molar-refractivity contribution in [3.05, 3.63) is 47.3 Å². The van der Waals surface area contributed by atoms with Gasteiger partial charge in [-0.1, -0.05) is 0 Å². The predicted molar refractivity (Wildman–Crippen MR) is 79.4 cm³/mol. The average molecular weight is 298 g/mol. The minimum absolute atomic E-state index is 0.0544. The van der Waals surface area contributed by atoms with Crippen molar-refractivity contribution in [2.24, 2.45) is 5.84 Å². The van der Waals surface area contributed by atoms with Crippen LogP contribution < -0.4 is 21.9 Å². The van der Waals surface area contributed by atoms with Crippen LogP contribution in [-0.4, -0.2) is 28.3 Å². The smallest absolute Gasteiger partial charge is 0.268 e. The standard InChI is InChI=1S/C14H14N6O2/c15-20-12(21)9-6-17-14(18-7-9)19-10-1-2-11-8(5-10)3-4-16-13(11)22/h1-2,5-7H,3-4,15H2,(H,16,22)(H,20,21)(H,17,18,19). The zero-order chi connectivity index (χ0) is 15.5. The molecular formula is C14H14N6O2. The normalized spacial score (nSPS) is 13.0. The Morgan fingerprint density at radius 2 is 2.05 bits per heavy atom. The van der Waals surface area contributed by atoms with Crippen LogP contribution in [0.5, 0.6) is 0 Å². The summed E-state index contributed by atoms with van der Waals surface area (Å²) in [5.74, 6) is 4.89. The van der Waals surface area contributed by atoms with E-state index in [0.717, 1.165) is 17.7 Å². The Hall–Kier alpha value is -3.00. The second-order valence-electron chi connectivity index (χ2n) is 4.77. The van der Waals surface area contributed by atoms with Gasteiger partial charge in [0.1, 0.15) is 0 Å². The number of aromatic nitrogens is 2. The van der Waals surface area contributed by atoms with Gasteiger partial charge < -0.3 is 10.6 Å². The number of carbonyl (C=O) groups is 2. The highest BCUT2D eigenvalue weighted by Crippen LogP contribution is 2.20. The molecule has 0 unspecified atom stereocenters. The van der Waals surface area contributed by atoms with Gasteiger partial charge in [-0.05, 0) is 30.2 Å². The molecule has 1 aliphatic rings. The first kappa shape index (κ1) is 14.0. The number of nitrogens with zero attached hydrogens (tertiary/aromatic N) is 2. The molecule has 0 spiro atoms. The second kappa shape index (κ2) is 5.78. The first-order valence-corrected chi connectivity index (χ1v) is 6.68. The van der Waals surface area contributed by atoms with Gasteiger partial charge in [0.05, 0.1) is 5.56 Å². The molecule has 0 atom stereocenters. The van der Waals surface area contributed by atoms with Crippen LogP contribution in [0.2, 0.25) is 0 Å². The van der Waals surface area contributed by atoms with E-state index >= 15 is 0 Å². The Kier molecular flexibility index (Phi) is 3.67. The Morgan fingerprint density at radius 1 is 1.27 bits per heavy atom. The average Bonchev–Trinajstić information content (AvgIpc) is 2.55. The van der Waals surface area contributed by atoms with Gasteiger partial charge in [-0.2, -0.15) is 0 Å². The molecule has 2 amide bonds. The molecule has 5 N–H and O–H groups in total. The maximum absolute atomic E-state index is 11.7. The molecule has 0 bridgehead atoms. The van der Waals surface area contributed by atoms with Crippen LogP contribution in [0.25, 0.3) is 0 Å². The van der Waals surface area contributed by atoms with Gasteiger partial charge in [-0.15, -0.1) is 0 Å². The molecule has 0 aliphatic carbocycles. The molecule has 0 radical (unpaired) electrons. The molecule has 2 aromatic rings. The monoisotopic (exact) mass is 298 g/mol. The Labute approximate surface area is 126 Å². The molecule has 1 aromatic carbocycles. The quantitative estimate of drug-likeness (QED) is 0.362. The number of anilines is 2. The van der Waals surface area contributed by atoms with Crippen molar-refractivity contribution < 1.29 is 9.59 Å². The summed E-state index contributed by atoms with van der Waals surface area (Å²) < 4.78 is 0. The summed E-state index contributed by atoms with van der Waals surface area (Å²) in [5.41, 5.74) is 4.73. The zero-order valence-electron chi connectivity index (χ0n) is 11.6. The summed E-state index contributed by atoms with van der Waals surface area (Å²) in [6.07, 6.45) is 3.54. The highest BCUT2D eigenvalue weighted by atomic mass is 16.2. The third kappa shape index (κ3) is 2.72. The lowest BCUT2D eigenvalue weighted by Gasteiger charge is -2.17. The van der Waals surface area contributed by atoms with Gasteiger partial charge in [-0.25, -0.2) is 15.8 Å². The maximum atomic E-state index is 11.7. The lowest BCUT2D eigenvalue weighted by molar-refractivity contribution is 0.0940. The van der Waals surface area contributed by atoms with Crippen LogP contribution in [0.4, 0.5) is 11.6 Å². The number of benzene rings is 1. The summed E-state index contributed by atoms with van der Waals surface area (Å²) in [6.45, 7) is 0.634. The van der Waals surface area contributed by atoms with Crippen molar-refractivity contribution >= 4 is 23.5 Å². The lowest BCUT2D eigenvalue weighted by Crippen LogP contribution is -2.31. The summed E-state index contributed by atoms with van der Waals surface area (Å²) in [7, 11) is 0. The second-order valence-corrected chi connectivity index (χ2v) is 4.77. The van der Waals surface area contributed by atoms with Crippen LogP contribution in [-0.2, 0) is 6.42 Å². The molecule has 8 nitrogen and oxygen atoms in total. The highest BCUT2D eigenvalue weighted by molar-refractivity contribution is 5.97. The fourth-order valence-electron chi connectivity index (χ4n) is 2.23. The molecule has 8 heteroatoms. The first-order valence-electron chi connectivity index (χ1n) is 6.68. The third-order valence-electron chi connectivity index (χ3n) is 3.33. The van der Waals surface area contributed by atoms with E-state index in [1.54, 1.807) is 12.1 Å². The number of nitrogens with one attached hydrogen (secondary N) is 3. The maximum Gasteiger partial charge on any atom is 0.268 e. The van der Waals surface area contributed by atoms with E-state index in [4.69, 9.17) is 5.84 Å². The summed E-state index contributed by atoms with van der Waals surface area (Å²) >= 11 is 0. The van der Waals surface area contributed by atoms with Crippen molar-refractivity contribution in [1.82, 2.24) is 20.7 Å². The van der Waals surface area contributed by atoms with Crippen molar-refractivity contribution in [1.29, 1.82) is 0 Å². The van der Waals surface area contributed by atoms with Gasteiger partial charge in [0.15, 0.2) is 0 Å². The number of hydrogen-bond donors (Lipinski definition) is 4. The van der Waals surface area contributed by atoms with Crippen molar-refractivity contribution in [2.75, 3.05) is 11.9 Å². The molecule has 1 aromatic heterocycles. The molecular weight excluding hydrogens is 284 g/mol. The SMILES string of the molecule is NNC(=O)c1cnc(Nc2ccc3c(c2)CCNC3=O)nc1. The minimum atomic E-state index is -0.452. The number of hydrogen-bond acceptors (Lipinski definition) is 6. The minimum Gasteiger partial charge on any atom is -0.352 e. The molecule has 0 saturated heterocycles. The first-order chi connectivity index (χ1) is 10.7. The van der Waals surface area contributed by atoms with Gasteiger partial charge in [0.2, 0.25) is 5.95 Å².